The number of nitrogens with zero attached hydrogens (tertiary/aromatic N) is 5. The number of ether oxygens (including phenoxy) is 1. The summed E-state index contributed by atoms with van der Waals surface area (Å²) >= 11 is 0. The number of anilines is 3. The summed E-state index contributed by atoms with van der Waals surface area (Å²) in [5.74, 6) is 2.62. The van der Waals surface area contributed by atoms with Crippen LogP contribution >= 0.6 is 0 Å². The maximum absolute atomic E-state index is 13.1. The van der Waals surface area contributed by atoms with Gasteiger partial charge in [-0.25, -0.2) is 8.42 Å². The number of rotatable bonds is 7. The number of benzene rings is 2. The highest BCUT2D eigenvalue weighted by atomic mass is 32.2. The van der Waals surface area contributed by atoms with Crippen LogP contribution in [0.4, 0.5) is 17.3 Å². The third-order valence-corrected chi connectivity index (χ3v) is 7.52. The van der Waals surface area contributed by atoms with Gasteiger partial charge in [0.1, 0.15) is 11.5 Å². The lowest BCUT2D eigenvalue weighted by molar-refractivity contribution is 0.383. The van der Waals surface area contributed by atoms with E-state index in [1.54, 1.807) is 36.7 Å². The van der Waals surface area contributed by atoms with E-state index in [9.17, 15) is 8.42 Å². The van der Waals surface area contributed by atoms with E-state index in [1.807, 2.05) is 59.5 Å². The van der Waals surface area contributed by atoms with Crippen LogP contribution in [0.2, 0.25) is 0 Å². The molecule has 2 aromatic carbocycles. The summed E-state index contributed by atoms with van der Waals surface area (Å²) < 4.78 is 33.6. The van der Waals surface area contributed by atoms with E-state index >= 15 is 0 Å². The van der Waals surface area contributed by atoms with Gasteiger partial charge >= 0.3 is 0 Å². The molecule has 0 radical (unpaired) electrons. The number of para-hydroxylation sites is 1. The van der Waals surface area contributed by atoms with Crippen molar-refractivity contribution in [1.29, 1.82) is 0 Å². The molecule has 0 aliphatic carbocycles. The fraction of sp³-hybridized carbons (Fsp3) is 0.160. The molecule has 178 valence electrons. The Morgan fingerprint density at radius 3 is 2.09 bits per heavy atom. The monoisotopic (exact) mass is 488 g/mol. The van der Waals surface area contributed by atoms with E-state index in [0.717, 1.165) is 5.69 Å². The number of sulfonamides is 1. The molecule has 0 atom stereocenters. The Balaban J connectivity index is 1.18. The van der Waals surface area contributed by atoms with Crippen LogP contribution in [0.15, 0.2) is 96.2 Å². The van der Waals surface area contributed by atoms with Gasteiger partial charge in [0.15, 0.2) is 11.6 Å². The van der Waals surface area contributed by atoms with Gasteiger partial charge in [-0.15, -0.1) is 10.2 Å². The maximum atomic E-state index is 13.1. The molecular formula is C25H24N6O3S. The fourth-order valence-corrected chi connectivity index (χ4v) is 5.18. The molecule has 0 bridgehead atoms. The van der Waals surface area contributed by atoms with E-state index in [-0.39, 0.29) is 4.90 Å². The van der Waals surface area contributed by atoms with E-state index in [2.05, 4.69) is 20.5 Å². The van der Waals surface area contributed by atoms with Crippen molar-refractivity contribution in [2.45, 2.75) is 4.90 Å². The Bertz CT molecular complexity index is 1340. The van der Waals surface area contributed by atoms with Gasteiger partial charge < -0.3 is 15.0 Å². The molecule has 2 aromatic heterocycles. The molecule has 3 heterocycles. The molecule has 1 fully saturated rings. The van der Waals surface area contributed by atoms with Crippen molar-refractivity contribution in [3.05, 3.63) is 91.3 Å². The lowest BCUT2D eigenvalue weighted by atomic mass is 10.3. The van der Waals surface area contributed by atoms with E-state index in [0.29, 0.717) is 49.3 Å². The van der Waals surface area contributed by atoms with Crippen LogP contribution < -0.4 is 15.0 Å². The SMILES string of the molecule is O=S(=O)(c1ccc(Oc2ccccc2)cc1)N1CCN(c2ccc(Nc3ccncc3)nn2)CC1. The maximum Gasteiger partial charge on any atom is 0.243 e. The van der Waals surface area contributed by atoms with Gasteiger partial charge in [-0.2, -0.15) is 4.31 Å². The van der Waals surface area contributed by atoms with Crippen molar-refractivity contribution in [3.8, 4) is 11.5 Å². The molecular weight excluding hydrogens is 464 g/mol. The second-order valence-corrected chi connectivity index (χ2v) is 9.85. The topological polar surface area (TPSA) is 101 Å². The highest BCUT2D eigenvalue weighted by Crippen LogP contribution is 2.25. The van der Waals surface area contributed by atoms with Gasteiger partial charge in [0.2, 0.25) is 10.0 Å². The molecule has 0 saturated carbocycles. The standard InChI is InChI=1S/C25H24N6O3S/c32-35(33,23-8-6-22(7-9-23)34-21-4-2-1-3-5-21)31-18-16-30(17-19-31)25-11-10-24(28-29-25)27-20-12-14-26-15-13-20/h1-15H,16-19H2,(H,26,27,28). The van der Waals surface area contributed by atoms with Crippen molar-refractivity contribution in [2.75, 3.05) is 36.4 Å². The largest absolute Gasteiger partial charge is 0.457 e. The molecule has 1 N–H and O–H groups in total. The highest BCUT2D eigenvalue weighted by Gasteiger charge is 2.29. The molecule has 9 nitrogen and oxygen atoms in total. The van der Waals surface area contributed by atoms with Crippen LogP contribution in [-0.2, 0) is 10.0 Å². The normalized spacial score (nSPS) is 14.5. The van der Waals surface area contributed by atoms with Crippen molar-refractivity contribution in [3.63, 3.8) is 0 Å². The quantitative estimate of drug-likeness (QED) is 0.418. The number of hydrogen-bond donors (Lipinski definition) is 1. The van der Waals surface area contributed by atoms with E-state index in [1.165, 1.54) is 4.31 Å². The molecule has 5 rings (SSSR count). The van der Waals surface area contributed by atoms with Crippen LogP contribution in [0.5, 0.6) is 11.5 Å². The summed E-state index contributed by atoms with van der Waals surface area (Å²) in [5, 5.41) is 11.7. The summed E-state index contributed by atoms with van der Waals surface area (Å²) in [6.07, 6.45) is 3.40. The first-order valence-corrected chi connectivity index (χ1v) is 12.6. The summed E-state index contributed by atoms with van der Waals surface area (Å²) in [6.45, 7) is 1.78. The first-order chi connectivity index (χ1) is 17.1. The smallest absolute Gasteiger partial charge is 0.243 e. The second-order valence-electron chi connectivity index (χ2n) is 7.92. The minimum atomic E-state index is -3.60. The van der Waals surface area contributed by atoms with Crippen molar-refractivity contribution >= 4 is 27.3 Å². The predicted molar refractivity (Wildman–Crippen MR) is 133 cm³/mol. The van der Waals surface area contributed by atoms with Gasteiger partial charge in [-0.3, -0.25) is 4.98 Å². The number of hydrogen-bond acceptors (Lipinski definition) is 8. The van der Waals surface area contributed by atoms with E-state index < -0.39 is 10.0 Å². The highest BCUT2D eigenvalue weighted by molar-refractivity contribution is 7.89. The molecule has 0 amide bonds. The summed E-state index contributed by atoms with van der Waals surface area (Å²) in [7, 11) is -3.60. The number of pyridine rings is 1. The van der Waals surface area contributed by atoms with Crippen LogP contribution in [0.3, 0.4) is 0 Å². The summed E-state index contributed by atoms with van der Waals surface area (Å²) in [6, 6.07) is 23.3. The third kappa shape index (κ3) is 5.39. The van der Waals surface area contributed by atoms with Crippen LogP contribution in [-0.4, -0.2) is 54.1 Å². The average molecular weight is 489 g/mol. The molecule has 1 aliphatic heterocycles. The molecule has 10 heteroatoms. The van der Waals surface area contributed by atoms with Gasteiger partial charge in [-0.05, 0) is 60.7 Å². The zero-order valence-electron chi connectivity index (χ0n) is 18.9. The molecule has 1 saturated heterocycles. The molecule has 0 spiro atoms. The van der Waals surface area contributed by atoms with Gasteiger partial charge in [0, 0.05) is 44.3 Å². The molecule has 0 unspecified atom stereocenters. The average Bonchev–Trinajstić information content (AvgIpc) is 2.91. The van der Waals surface area contributed by atoms with Crippen LogP contribution in [0, 0.1) is 0 Å². The molecule has 35 heavy (non-hydrogen) atoms. The minimum absolute atomic E-state index is 0.248. The molecule has 4 aromatic rings. The Kier molecular flexibility index (Phi) is 6.55. The van der Waals surface area contributed by atoms with Gasteiger partial charge in [-0.1, -0.05) is 18.2 Å². The summed E-state index contributed by atoms with van der Waals surface area (Å²) in [4.78, 5) is 6.27. The first kappa shape index (κ1) is 22.8. The van der Waals surface area contributed by atoms with Crippen LogP contribution in [0.25, 0.3) is 0 Å². The lowest BCUT2D eigenvalue weighted by Crippen LogP contribution is -2.48. The second kappa shape index (κ2) is 10.1. The number of nitrogens with one attached hydrogen (secondary N) is 1. The Labute approximate surface area is 204 Å². The van der Waals surface area contributed by atoms with Crippen molar-refractivity contribution < 1.29 is 13.2 Å². The third-order valence-electron chi connectivity index (χ3n) is 5.61. The Morgan fingerprint density at radius 1 is 0.743 bits per heavy atom. The van der Waals surface area contributed by atoms with E-state index in [4.69, 9.17) is 4.74 Å². The Hall–Kier alpha value is -4.02. The Morgan fingerprint density at radius 2 is 1.43 bits per heavy atom. The number of aromatic nitrogens is 3. The van der Waals surface area contributed by atoms with Crippen molar-refractivity contribution in [1.82, 2.24) is 19.5 Å². The predicted octanol–water partition coefficient (Wildman–Crippen LogP) is 3.92. The minimum Gasteiger partial charge on any atom is -0.457 e. The zero-order valence-corrected chi connectivity index (χ0v) is 19.7. The molecule has 1 aliphatic rings. The van der Waals surface area contributed by atoms with Crippen LogP contribution in [0.1, 0.15) is 0 Å². The zero-order chi connectivity index (χ0) is 24.1. The van der Waals surface area contributed by atoms with Gasteiger partial charge in [0.25, 0.3) is 0 Å². The summed E-state index contributed by atoms with van der Waals surface area (Å²) in [5.41, 5.74) is 0.875. The van der Waals surface area contributed by atoms with Crippen molar-refractivity contribution in [2.24, 2.45) is 0 Å². The number of piperazine rings is 1. The lowest BCUT2D eigenvalue weighted by Gasteiger charge is -2.34. The fourth-order valence-electron chi connectivity index (χ4n) is 3.75. The first-order valence-electron chi connectivity index (χ1n) is 11.2. The van der Waals surface area contributed by atoms with Gasteiger partial charge in [0.05, 0.1) is 4.90 Å².